The lowest BCUT2D eigenvalue weighted by atomic mass is 10.1. The van der Waals surface area contributed by atoms with Gasteiger partial charge in [0.25, 0.3) is 0 Å². The third kappa shape index (κ3) is 4.20. The molecule has 31 heavy (non-hydrogen) atoms. The fourth-order valence-corrected chi connectivity index (χ4v) is 3.64. The van der Waals surface area contributed by atoms with Gasteiger partial charge in [-0.25, -0.2) is 9.78 Å². The monoisotopic (exact) mass is 421 g/mol. The van der Waals surface area contributed by atoms with Crippen LogP contribution in [0.1, 0.15) is 12.5 Å². The summed E-state index contributed by atoms with van der Waals surface area (Å²) in [6, 6.07) is 14.4. The zero-order valence-corrected chi connectivity index (χ0v) is 17.0. The molecule has 9 nitrogen and oxygen atoms in total. The Hall–Kier alpha value is -3.88. The van der Waals surface area contributed by atoms with Gasteiger partial charge in [0.05, 0.1) is 11.0 Å². The maximum Gasteiger partial charge on any atom is 0.325 e. The summed E-state index contributed by atoms with van der Waals surface area (Å²) in [6.07, 6.45) is 0.231. The molecule has 1 aliphatic heterocycles. The van der Waals surface area contributed by atoms with Gasteiger partial charge in [0.2, 0.25) is 11.9 Å². The van der Waals surface area contributed by atoms with Crippen molar-refractivity contribution in [1.29, 1.82) is 0 Å². The number of hydrogen-bond donors (Lipinski definition) is 3. The number of carboxylic acids is 1. The van der Waals surface area contributed by atoms with Crippen LogP contribution >= 0.6 is 0 Å². The first-order valence-electron chi connectivity index (χ1n) is 10.0. The van der Waals surface area contributed by atoms with E-state index in [2.05, 4.69) is 15.6 Å². The van der Waals surface area contributed by atoms with Crippen LogP contribution in [0.5, 0.6) is 0 Å². The van der Waals surface area contributed by atoms with E-state index in [4.69, 9.17) is 5.11 Å². The second-order valence-corrected chi connectivity index (χ2v) is 7.46. The summed E-state index contributed by atoms with van der Waals surface area (Å²) < 4.78 is 1.97. The Morgan fingerprint density at radius 2 is 1.74 bits per heavy atom. The van der Waals surface area contributed by atoms with Crippen LogP contribution in [0, 0.1) is 0 Å². The van der Waals surface area contributed by atoms with Gasteiger partial charge in [-0.2, -0.15) is 0 Å². The fourth-order valence-electron chi connectivity index (χ4n) is 3.64. The van der Waals surface area contributed by atoms with E-state index in [1.54, 1.807) is 0 Å². The Morgan fingerprint density at radius 1 is 1.03 bits per heavy atom. The molecule has 0 saturated carbocycles. The molecule has 2 atom stereocenters. The molecule has 0 radical (unpaired) electrons. The highest BCUT2D eigenvalue weighted by atomic mass is 16.4. The SMILES string of the molecule is CC(NC(=O)C(Cc1ccccc1)NC(=O)N1CCn2c1nc1ccccc12)C(=O)O. The smallest absolute Gasteiger partial charge is 0.325 e. The summed E-state index contributed by atoms with van der Waals surface area (Å²) in [5.74, 6) is -1.18. The summed E-state index contributed by atoms with van der Waals surface area (Å²) in [7, 11) is 0. The van der Waals surface area contributed by atoms with E-state index >= 15 is 0 Å². The molecule has 3 N–H and O–H groups in total. The van der Waals surface area contributed by atoms with Crippen molar-refractivity contribution in [3.05, 3.63) is 60.2 Å². The van der Waals surface area contributed by atoms with Crippen molar-refractivity contribution >= 4 is 34.9 Å². The van der Waals surface area contributed by atoms with Crippen LogP contribution in [0.3, 0.4) is 0 Å². The predicted molar refractivity (Wildman–Crippen MR) is 115 cm³/mol. The van der Waals surface area contributed by atoms with E-state index in [1.807, 2.05) is 59.2 Å². The first kappa shape index (κ1) is 20.4. The largest absolute Gasteiger partial charge is 0.480 e. The van der Waals surface area contributed by atoms with Crippen molar-refractivity contribution in [2.24, 2.45) is 0 Å². The molecule has 2 heterocycles. The van der Waals surface area contributed by atoms with Gasteiger partial charge in [0.1, 0.15) is 12.1 Å². The van der Waals surface area contributed by atoms with Gasteiger partial charge in [-0.1, -0.05) is 42.5 Å². The molecule has 0 fully saturated rings. The Bertz CT molecular complexity index is 1130. The van der Waals surface area contributed by atoms with Crippen molar-refractivity contribution in [3.63, 3.8) is 0 Å². The lowest BCUT2D eigenvalue weighted by Crippen LogP contribution is -2.54. The number of fused-ring (bicyclic) bond motifs is 3. The second kappa shape index (κ2) is 8.47. The highest BCUT2D eigenvalue weighted by Crippen LogP contribution is 2.27. The van der Waals surface area contributed by atoms with Gasteiger partial charge >= 0.3 is 12.0 Å². The number of nitrogens with one attached hydrogen (secondary N) is 2. The summed E-state index contributed by atoms with van der Waals surface area (Å²) in [4.78, 5) is 43.1. The van der Waals surface area contributed by atoms with Crippen LogP contribution in [-0.4, -0.2) is 51.2 Å². The Labute approximate surface area is 178 Å². The number of aromatic nitrogens is 2. The van der Waals surface area contributed by atoms with E-state index in [0.29, 0.717) is 19.0 Å². The zero-order valence-electron chi connectivity index (χ0n) is 17.0. The van der Waals surface area contributed by atoms with E-state index in [-0.39, 0.29) is 6.42 Å². The number of hydrogen-bond acceptors (Lipinski definition) is 4. The molecule has 0 bridgehead atoms. The van der Waals surface area contributed by atoms with Crippen molar-refractivity contribution in [3.8, 4) is 0 Å². The average molecular weight is 421 g/mol. The molecule has 0 saturated heterocycles. The maximum absolute atomic E-state index is 13.1. The number of aliphatic carboxylic acids is 1. The summed E-state index contributed by atoms with van der Waals surface area (Å²) in [6.45, 7) is 2.42. The van der Waals surface area contributed by atoms with Crippen molar-refractivity contribution in [2.75, 3.05) is 11.4 Å². The average Bonchev–Trinajstić information content (AvgIpc) is 3.33. The minimum Gasteiger partial charge on any atom is -0.480 e. The second-order valence-electron chi connectivity index (χ2n) is 7.46. The predicted octanol–water partition coefficient (Wildman–Crippen LogP) is 1.77. The molecule has 4 rings (SSSR count). The number of benzene rings is 2. The lowest BCUT2D eigenvalue weighted by molar-refractivity contribution is -0.141. The van der Waals surface area contributed by atoms with Crippen LogP contribution in [0.25, 0.3) is 11.0 Å². The van der Waals surface area contributed by atoms with Crippen LogP contribution < -0.4 is 15.5 Å². The standard InChI is InChI=1S/C22H23N5O4/c1-14(20(29)30)23-19(28)17(13-15-7-3-2-4-8-15)25-22(31)27-12-11-26-18-10-6-5-9-16(18)24-21(26)27/h2-10,14,17H,11-13H2,1H3,(H,23,28)(H,25,31)(H,29,30). The molecule has 1 aliphatic rings. The summed E-state index contributed by atoms with van der Waals surface area (Å²) >= 11 is 0. The number of nitrogens with zero attached hydrogens (tertiary/aromatic N) is 3. The molecule has 0 spiro atoms. The molecule has 3 aromatic rings. The minimum absolute atomic E-state index is 0.231. The van der Waals surface area contributed by atoms with Crippen molar-refractivity contribution < 1.29 is 19.5 Å². The third-order valence-corrected chi connectivity index (χ3v) is 5.29. The molecular formula is C22H23N5O4. The zero-order chi connectivity index (χ0) is 22.0. The quantitative estimate of drug-likeness (QED) is 0.561. The minimum atomic E-state index is -1.15. The number of carbonyl (C=O) groups is 3. The number of anilines is 1. The van der Waals surface area contributed by atoms with Crippen molar-refractivity contribution in [1.82, 2.24) is 20.2 Å². The Morgan fingerprint density at radius 3 is 2.48 bits per heavy atom. The molecule has 160 valence electrons. The Kier molecular flexibility index (Phi) is 5.57. The fraction of sp³-hybridized carbons (Fsp3) is 0.273. The van der Waals surface area contributed by atoms with E-state index < -0.39 is 30.0 Å². The summed E-state index contributed by atoms with van der Waals surface area (Å²) in [5, 5.41) is 14.3. The first-order valence-corrected chi connectivity index (χ1v) is 10.0. The van der Waals surface area contributed by atoms with Gasteiger partial charge in [-0.15, -0.1) is 0 Å². The van der Waals surface area contributed by atoms with E-state index in [1.165, 1.54) is 11.8 Å². The van der Waals surface area contributed by atoms with Gasteiger partial charge in [0.15, 0.2) is 0 Å². The normalized spacial score (nSPS) is 14.7. The number of urea groups is 1. The van der Waals surface area contributed by atoms with E-state index in [0.717, 1.165) is 16.6 Å². The van der Waals surface area contributed by atoms with Crippen LogP contribution in [0.2, 0.25) is 0 Å². The summed E-state index contributed by atoms with van der Waals surface area (Å²) in [5.41, 5.74) is 2.59. The first-order chi connectivity index (χ1) is 14.9. The van der Waals surface area contributed by atoms with E-state index in [9.17, 15) is 14.4 Å². The Balaban J connectivity index is 1.54. The molecule has 9 heteroatoms. The number of carbonyl (C=O) groups excluding carboxylic acids is 2. The van der Waals surface area contributed by atoms with Gasteiger partial charge < -0.3 is 20.3 Å². The highest BCUT2D eigenvalue weighted by Gasteiger charge is 2.32. The number of amides is 3. The topological polar surface area (TPSA) is 117 Å². The van der Waals surface area contributed by atoms with Gasteiger partial charge in [-0.05, 0) is 24.6 Å². The van der Waals surface area contributed by atoms with Crippen LogP contribution in [0.4, 0.5) is 10.7 Å². The molecule has 1 aromatic heterocycles. The van der Waals surface area contributed by atoms with Crippen molar-refractivity contribution in [2.45, 2.75) is 32.0 Å². The molecule has 2 aromatic carbocycles. The van der Waals surface area contributed by atoms with Gasteiger partial charge in [-0.3, -0.25) is 14.5 Å². The number of carboxylic acid groups (broad SMARTS) is 1. The lowest BCUT2D eigenvalue weighted by Gasteiger charge is -2.23. The number of imidazole rings is 1. The highest BCUT2D eigenvalue weighted by molar-refractivity contribution is 5.97. The van der Waals surface area contributed by atoms with Gasteiger partial charge in [0, 0.05) is 19.5 Å². The molecule has 0 aliphatic carbocycles. The third-order valence-electron chi connectivity index (χ3n) is 5.29. The number of rotatable bonds is 6. The maximum atomic E-state index is 13.1. The van der Waals surface area contributed by atoms with Crippen LogP contribution in [-0.2, 0) is 22.6 Å². The number of para-hydroxylation sites is 2. The van der Waals surface area contributed by atoms with Crippen LogP contribution in [0.15, 0.2) is 54.6 Å². The molecule has 2 unspecified atom stereocenters. The molecule has 3 amide bonds. The molecular weight excluding hydrogens is 398 g/mol.